The molecule has 2 aromatic heterocycles. The summed E-state index contributed by atoms with van der Waals surface area (Å²) in [7, 11) is 2.03. The Morgan fingerprint density at radius 3 is 2.97 bits per heavy atom. The van der Waals surface area contributed by atoms with Crippen LogP contribution in [0.5, 0.6) is 0 Å². The average Bonchev–Trinajstić information content (AvgIpc) is 3.19. The summed E-state index contributed by atoms with van der Waals surface area (Å²) in [4.78, 5) is 13.8. The number of anilines is 1. The Balaban J connectivity index is 1.45. The third kappa shape index (κ3) is 5.35. The van der Waals surface area contributed by atoms with Crippen LogP contribution in [-0.4, -0.2) is 55.2 Å². The second-order valence-electron chi connectivity index (χ2n) is 7.93. The van der Waals surface area contributed by atoms with E-state index in [1.165, 1.54) is 0 Å². The predicted molar refractivity (Wildman–Crippen MR) is 124 cm³/mol. The predicted octanol–water partition coefficient (Wildman–Crippen LogP) is 3.65. The van der Waals surface area contributed by atoms with Crippen LogP contribution in [0.2, 0.25) is 0 Å². The zero-order valence-electron chi connectivity index (χ0n) is 18.5. The number of morpholine rings is 1. The van der Waals surface area contributed by atoms with Crippen molar-refractivity contribution in [3.05, 3.63) is 60.0 Å². The molecule has 31 heavy (non-hydrogen) atoms. The van der Waals surface area contributed by atoms with Gasteiger partial charge in [0.1, 0.15) is 17.2 Å². The zero-order chi connectivity index (χ0) is 21.6. The molecule has 1 aliphatic heterocycles. The fourth-order valence-electron chi connectivity index (χ4n) is 3.82. The number of nitrogens with zero attached hydrogens (tertiary/aromatic N) is 4. The zero-order valence-corrected chi connectivity index (χ0v) is 18.5. The minimum Gasteiger partial charge on any atom is -0.459 e. The smallest absolute Gasteiger partial charge is 0.194 e. The summed E-state index contributed by atoms with van der Waals surface area (Å²) in [6.07, 6.45) is 2.09. The Labute approximate surface area is 183 Å². The summed E-state index contributed by atoms with van der Waals surface area (Å²) in [5.74, 6) is 2.76. The van der Waals surface area contributed by atoms with Crippen molar-refractivity contribution in [1.82, 2.24) is 15.2 Å². The second-order valence-corrected chi connectivity index (χ2v) is 7.93. The molecular formula is C24H31N5O2. The average molecular weight is 422 g/mol. The van der Waals surface area contributed by atoms with E-state index in [0.717, 1.165) is 60.3 Å². The molecule has 1 saturated heterocycles. The van der Waals surface area contributed by atoms with E-state index in [0.29, 0.717) is 13.1 Å². The highest BCUT2D eigenvalue weighted by Gasteiger charge is 2.18. The number of guanidine groups is 1. The lowest BCUT2D eigenvalue weighted by Gasteiger charge is -2.32. The first-order valence-corrected chi connectivity index (χ1v) is 10.9. The number of fused-ring (bicyclic) bond motifs is 1. The van der Waals surface area contributed by atoms with Crippen molar-refractivity contribution in [2.24, 2.45) is 4.99 Å². The number of hydrogen-bond acceptors (Lipinski definition) is 5. The summed E-state index contributed by atoms with van der Waals surface area (Å²) >= 11 is 0. The molecule has 1 aliphatic rings. The third-order valence-corrected chi connectivity index (χ3v) is 5.35. The number of rotatable bonds is 6. The number of pyridine rings is 1. The Kier molecular flexibility index (Phi) is 6.72. The number of aromatic nitrogens is 1. The van der Waals surface area contributed by atoms with E-state index in [1.54, 1.807) is 0 Å². The van der Waals surface area contributed by atoms with Gasteiger partial charge in [0.05, 0.1) is 25.8 Å². The lowest BCUT2D eigenvalue weighted by atomic mass is 10.2. The molecule has 1 N–H and O–H groups in total. The minimum absolute atomic E-state index is 0.226. The Hall–Kier alpha value is -3.06. The maximum absolute atomic E-state index is 5.97. The molecule has 164 valence electrons. The van der Waals surface area contributed by atoms with E-state index in [4.69, 9.17) is 14.1 Å². The molecule has 0 saturated carbocycles. The van der Waals surface area contributed by atoms with E-state index in [2.05, 4.69) is 52.1 Å². The lowest BCUT2D eigenvalue weighted by molar-refractivity contribution is 0.0529. The van der Waals surface area contributed by atoms with Crippen molar-refractivity contribution in [3.8, 4) is 0 Å². The van der Waals surface area contributed by atoms with Crippen molar-refractivity contribution in [2.75, 3.05) is 38.2 Å². The summed E-state index contributed by atoms with van der Waals surface area (Å²) in [5.41, 5.74) is 2.05. The molecular weight excluding hydrogens is 390 g/mol. The first kappa shape index (κ1) is 21.2. The van der Waals surface area contributed by atoms with Crippen molar-refractivity contribution in [1.29, 1.82) is 0 Å². The number of nitrogens with one attached hydrogen (secondary N) is 1. The number of benzene rings is 1. The molecule has 1 aromatic carbocycles. The summed E-state index contributed by atoms with van der Waals surface area (Å²) in [5, 5.41) is 4.50. The normalized spacial score (nSPS) is 17.2. The molecule has 0 radical (unpaired) electrons. The number of aliphatic imine (C=N–C) groups is 1. The van der Waals surface area contributed by atoms with E-state index in [1.807, 2.05) is 37.5 Å². The Morgan fingerprint density at radius 2 is 2.16 bits per heavy atom. The molecule has 0 bridgehead atoms. The maximum atomic E-state index is 5.97. The molecule has 0 spiro atoms. The number of hydrogen-bond donors (Lipinski definition) is 1. The highest BCUT2D eigenvalue weighted by atomic mass is 16.5. The molecule has 7 nitrogen and oxygen atoms in total. The van der Waals surface area contributed by atoms with Gasteiger partial charge in [-0.25, -0.2) is 9.98 Å². The largest absolute Gasteiger partial charge is 0.459 e. The van der Waals surface area contributed by atoms with Gasteiger partial charge >= 0.3 is 0 Å². The Bertz CT molecular complexity index is 998. The van der Waals surface area contributed by atoms with Crippen LogP contribution in [0.25, 0.3) is 11.0 Å². The van der Waals surface area contributed by atoms with Crippen molar-refractivity contribution in [3.63, 3.8) is 0 Å². The standard InChI is InChI=1S/C24H31N5O2/c1-4-25-24(28(3)17-21-14-20-7-5-6-8-22(20)31-21)27-15-19-9-10-26-23(13-19)29-11-12-30-18(2)16-29/h5-10,13-14,18H,4,11-12,15-17H2,1-3H3,(H,25,27). The summed E-state index contributed by atoms with van der Waals surface area (Å²) in [6, 6.07) is 14.3. The van der Waals surface area contributed by atoms with Crippen LogP contribution in [0.15, 0.2) is 58.1 Å². The van der Waals surface area contributed by atoms with E-state index < -0.39 is 0 Å². The van der Waals surface area contributed by atoms with Crippen LogP contribution < -0.4 is 10.2 Å². The molecule has 3 aromatic rings. The fraction of sp³-hybridized carbons (Fsp3) is 0.417. The van der Waals surface area contributed by atoms with Gasteiger partial charge in [-0.05, 0) is 43.7 Å². The summed E-state index contributed by atoms with van der Waals surface area (Å²) in [6.45, 7) is 8.68. The number of para-hydroxylation sites is 1. The highest BCUT2D eigenvalue weighted by molar-refractivity contribution is 5.80. The van der Waals surface area contributed by atoms with Gasteiger partial charge in [-0.2, -0.15) is 0 Å². The van der Waals surface area contributed by atoms with Crippen LogP contribution in [0.1, 0.15) is 25.2 Å². The van der Waals surface area contributed by atoms with Crippen LogP contribution in [0.4, 0.5) is 5.82 Å². The van der Waals surface area contributed by atoms with Gasteiger partial charge in [0.15, 0.2) is 5.96 Å². The maximum Gasteiger partial charge on any atom is 0.194 e. The van der Waals surface area contributed by atoms with Gasteiger partial charge in [-0.15, -0.1) is 0 Å². The molecule has 7 heteroatoms. The SMILES string of the molecule is CCNC(=NCc1ccnc(N2CCOC(C)C2)c1)N(C)Cc1cc2ccccc2o1. The van der Waals surface area contributed by atoms with Crippen LogP contribution >= 0.6 is 0 Å². The molecule has 1 unspecified atom stereocenters. The van der Waals surface area contributed by atoms with Gasteiger partial charge in [0.2, 0.25) is 0 Å². The van der Waals surface area contributed by atoms with Crippen LogP contribution in [-0.2, 0) is 17.8 Å². The molecule has 0 amide bonds. The monoisotopic (exact) mass is 421 g/mol. The highest BCUT2D eigenvalue weighted by Crippen LogP contribution is 2.20. The molecule has 0 aliphatic carbocycles. The van der Waals surface area contributed by atoms with Gasteiger partial charge in [0, 0.05) is 38.3 Å². The second kappa shape index (κ2) is 9.83. The first-order valence-electron chi connectivity index (χ1n) is 10.9. The third-order valence-electron chi connectivity index (χ3n) is 5.35. The fourth-order valence-corrected chi connectivity index (χ4v) is 3.82. The minimum atomic E-state index is 0.226. The van der Waals surface area contributed by atoms with Crippen molar-refractivity contribution < 1.29 is 9.15 Å². The molecule has 1 fully saturated rings. The first-order chi connectivity index (χ1) is 15.1. The van der Waals surface area contributed by atoms with Crippen molar-refractivity contribution in [2.45, 2.75) is 33.0 Å². The number of ether oxygens (including phenoxy) is 1. The summed E-state index contributed by atoms with van der Waals surface area (Å²) < 4.78 is 11.6. The molecule has 4 rings (SSSR count). The lowest BCUT2D eigenvalue weighted by Crippen LogP contribution is -2.41. The van der Waals surface area contributed by atoms with E-state index in [9.17, 15) is 0 Å². The number of furan rings is 1. The van der Waals surface area contributed by atoms with Gasteiger partial charge in [-0.3, -0.25) is 0 Å². The van der Waals surface area contributed by atoms with E-state index in [-0.39, 0.29) is 6.10 Å². The topological polar surface area (TPSA) is 66.1 Å². The molecule has 3 heterocycles. The van der Waals surface area contributed by atoms with Gasteiger partial charge in [-0.1, -0.05) is 18.2 Å². The van der Waals surface area contributed by atoms with Crippen LogP contribution in [0, 0.1) is 0 Å². The van der Waals surface area contributed by atoms with Gasteiger partial charge in [0.25, 0.3) is 0 Å². The van der Waals surface area contributed by atoms with Crippen molar-refractivity contribution >= 4 is 22.7 Å². The Morgan fingerprint density at radius 1 is 1.29 bits per heavy atom. The molecule has 1 atom stereocenters. The van der Waals surface area contributed by atoms with E-state index >= 15 is 0 Å². The van der Waals surface area contributed by atoms with Gasteiger partial charge < -0.3 is 24.3 Å². The van der Waals surface area contributed by atoms with Crippen LogP contribution in [0.3, 0.4) is 0 Å². The quantitative estimate of drug-likeness (QED) is 0.484.